The minimum absolute atomic E-state index is 0.649. The van der Waals surface area contributed by atoms with Gasteiger partial charge in [0.15, 0.2) is 0 Å². The second kappa shape index (κ2) is 5.26. The van der Waals surface area contributed by atoms with Gasteiger partial charge in [-0.05, 0) is 31.5 Å². The van der Waals surface area contributed by atoms with E-state index in [1.54, 1.807) is 4.68 Å². The number of nitrogens with zero attached hydrogens (tertiary/aromatic N) is 2. The first-order chi connectivity index (χ1) is 10.0. The molecule has 2 N–H and O–H groups in total. The minimum atomic E-state index is 0.649. The van der Waals surface area contributed by atoms with E-state index in [-0.39, 0.29) is 0 Å². The Balaban J connectivity index is 2.04. The maximum absolute atomic E-state index is 6.17. The van der Waals surface area contributed by atoms with Gasteiger partial charge >= 0.3 is 0 Å². The Morgan fingerprint density at radius 1 is 1.05 bits per heavy atom. The van der Waals surface area contributed by atoms with Gasteiger partial charge in [0.2, 0.25) is 0 Å². The smallest absolute Gasteiger partial charge is 0.116 e. The van der Waals surface area contributed by atoms with Crippen LogP contribution in [-0.4, -0.2) is 9.78 Å². The Morgan fingerprint density at radius 2 is 1.76 bits per heavy atom. The largest absolute Gasteiger partial charge is 0.396 e. The molecule has 0 saturated carbocycles. The minimum Gasteiger partial charge on any atom is -0.396 e. The molecule has 106 valence electrons. The van der Waals surface area contributed by atoms with Crippen molar-refractivity contribution >= 4 is 17.3 Å². The van der Waals surface area contributed by atoms with Gasteiger partial charge in [-0.3, -0.25) is 0 Å². The van der Waals surface area contributed by atoms with E-state index in [1.165, 1.54) is 5.56 Å². The summed E-state index contributed by atoms with van der Waals surface area (Å²) in [4.78, 5) is 0. The summed E-state index contributed by atoms with van der Waals surface area (Å²) in [5, 5.41) is 5.30. The Kier molecular flexibility index (Phi) is 3.43. The van der Waals surface area contributed by atoms with E-state index in [1.807, 2.05) is 43.5 Å². The fraction of sp³-hybridized carbons (Fsp3) is 0.118. The molecule has 0 unspecified atom stereocenters. The summed E-state index contributed by atoms with van der Waals surface area (Å²) in [5.74, 6) is 0. The average molecular weight is 298 g/mol. The van der Waals surface area contributed by atoms with Crippen LogP contribution in [0, 0.1) is 13.8 Å². The third kappa shape index (κ3) is 2.65. The molecule has 3 aromatic rings. The Bertz CT molecular complexity index is 788. The zero-order valence-corrected chi connectivity index (χ0v) is 12.7. The van der Waals surface area contributed by atoms with Gasteiger partial charge in [0.25, 0.3) is 0 Å². The summed E-state index contributed by atoms with van der Waals surface area (Å²) in [6.45, 7) is 4.03. The molecule has 0 atom stereocenters. The molecule has 1 aromatic heterocycles. The number of aromatic nitrogens is 2. The van der Waals surface area contributed by atoms with Crippen molar-refractivity contribution in [3.63, 3.8) is 0 Å². The molecule has 0 radical (unpaired) electrons. The number of aryl methyl sites for hydroxylation is 2. The first-order valence-electron chi connectivity index (χ1n) is 6.73. The van der Waals surface area contributed by atoms with E-state index in [9.17, 15) is 0 Å². The molecule has 3 rings (SSSR count). The Hall–Kier alpha value is -2.26. The third-order valence-corrected chi connectivity index (χ3v) is 3.89. The van der Waals surface area contributed by atoms with Crippen molar-refractivity contribution in [2.75, 3.05) is 5.73 Å². The molecule has 0 fully saturated rings. The van der Waals surface area contributed by atoms with Gasteiger partial charge in [-0.25, -0.2) is 4.68 Å². The van der Waals surface area contributed by atoms with Gasteiger partial charge < -0.3 is 5.73 Å². The number of nitrogen functional groups attached to an aromatic ring is 1. The van der Waals surface area contributed by atoms with Gasteiger partial charge in [0, 0.05) is 10.6 Å². The SMILES string of the molecule is Cc1ccc(-c2nn(-c3ccc(C)c(Cl)c3)cc2N)cc1. The molecule has 0 amide bonds. The number of hydrogen-bond donors (Lipinski definition) is 1. The van der Waals surface area contributed by atoms with Crippen LogP contribution in [0.3, 0.4) is 0 Å². The first-order valence-corrected chi connectivity index (χ1v) is 7.11. The maximum Gasteiger partial charge on any atom is 0.116 e. The van der Waals surface area contributed by atoms with E-state index in [4.69, 9.17) is 17.3 Å². The molecule has 0 saturated heterocycles. The van der Waals surface area contributed by atoms with Crippen LogP contribution in [-0.2, 0) is 0 Å². The van der Waals surface area contributed by atoms with Crippen LogP contribution in [0.25, 0.3) is 16.9 Å². The molecule has 0 spiro atoms. The quantitative estimate of drug-likeness (QED) is 0.762. The molecule has 0 bridgehead atoms. The highest BCUT2D eigenvalue weighted by Gasteiger charge is 2.10. The molecule has 0 aliphatic rings. The number of benzene rings is 2. The summed E-state index contributed by atoms with van der Waals surface area (Å²) in [6, 6.07) is 14.0. The highest BCUT2D eigenvalue weighted by molar-refractivity contribution is 6.31. The average Bonchev–Trinajstić information content (AvgIpc) is 2.85. The van der Waals surface area contributed by atoms with E-state index in [0.29, 0.717) is 5.69 Å². The van der Waals surface area contributed by atoms with Gasteiger partial charge in [-0.2, -0.15) is 5.10 Å². The summed E-state index contributed by atoms with van der Waals surface area (Å²) < 4.78 is 1.76. The molecular weight excluding hydrogens is 282 g/mol. The third-order valence-electron chi connectivity index (χ3n) is 3.49. The van der Waals surface area contributed by atoms with E-state index >= 15 is 0 Å². The summed E-state index contributed by atoms with van der Waals surface area (Å²) in [5.41, 5.74) is 11.7. The number of nitrogens with two attached hydrogens (primary N) is 1. The highest BCUT2D eigenvalue weighted by Crippen LogP contribution is 2.27. The van der Waals surface area contributed by atoms with Gasteiger partial charge in [0.1, 0.15) is 5.69 Å². The Morgan fingerprint density at radius 3 is 2.43 bits per heavy atom. The van der Waals surface area contributed by atoms with Crippen LogP contribution in [0.5, 0.6) is 0 Å². The molecule has 21 heavy (non-hydrogen) atoms. The number of hydrogen-bond acceptors (Lipinski definition) is 2. The number of rotatable bonds is 2. The summed E-state index contributed by atoms with van der Waals surface area (Å²) in [6.07, 6.45) is 1.82. The lowest BCUT2D eigenvalue weighted by molar-refractivity contribution is 0.884. The van der Waals surface area contributed by atoms with Gasteiger partial charge in [0.05, 0.1) is 17.6 Å². The fourth-order valence-electron chi connectivity index (χ4n) is 2.18. The van der Waals surface area contributed by atoms with Crippen LogP contribution >= 0.6 is 11.6 Å². The second-order valence-corrected chi connectivity index (χ2v) is 5.58. The Labute approximate surface area is 129 Å². The second-order valence-electron chi connectivity index (χ2n) is 5.18. The molecule has 2 aromatic carbocycles. The van der Waals surface area contributed by atoms with Crippen molar-refractivity contribution in [2.24, 2.45) is 0 Å². The van der Waals surface area contributed by atoms with Crippen molar-refractivity contribution in [1.29, 1.82) is 0 Å². The van der Waals surface area contributed by atoms with Crippen molar-refractivity contribution in [3.8, 4) is 16.9 Å². The summed E-state index contributed by atoms with van der Waals surface area (Å²) >= 11 is 6.17. The van der Waals surface area contributed by atoms with Crippen LogP contribution in [0.15, 0.2) is 48.7 Å². The zero-order chi connectivity index (χ0) is 15.0. The maximum atomic E-state index is 6.17. The fourth-order valence-corrected chi connectivity index (χ4v) is 2.35. The topological polar surface area (TPSA) is 43.8 Å². The normalized spacial score (nSPS) is 10.8. The van der Waals surface area contributed by atoms with Gasteiger partial charge in [-0.15, -0.1) is 0 Å². The molecule has 4 heteroatoms. The van der Waals surface area contributed by atoms with Crippen LogP contribution in [0.4, 0.5) is 5.69 Å². The zero-order valence-electron chi connectivity index (χ0n) is 12.0. The van der Waals surface area contributed by atoms with Crippen molar-refractivity contribution in [1.82, 2.24) is 9.78 Å². The lowest BCUT2D eigenvalue weighted by atomic mass is 10.1. The molecule has 1 heterocycles. The lowest BCUT2D eigenvalue weighted by Crippen LogP contribution is -1.95. The van der Waals surface area contributed by atoms with E-state index in [2.05, 4.69) is 24.2 Å². The number of halogens is 1. The predicted molar refractivity (Wildman–Crippen MR) is 87.9 cm³/mol. The predicted octanol–water partition coefficient (Wildman–Crippen LogP) is 4.39. The monoisotopic (exact) mass is 297 g/mol. The van der Waals surface area contributed by atoms with Gasteiger partial charge in [-0.1, -0.05) is 47.5 Å². The van der Waals surface area contributed by atoms with Crippen molar-refractivity contribution in [3.05, 3.63) is 64.8 Å². The number of anilines is 1. The van der Waals surface area contributed by atoms with Crippen LogP contribution in [0.1, 0.15) is 11.1 Å². The highest BCUT2D eigenvalue weighted by atomic mass is 35.5. The van der Waals surface area contributed by atoms with Crippen molar-refractivity contribution in [2.45, 2.75) is 13.8 Å². The molecule has 3 nitrogen and oxygen atoms in total. The van der Waals surface area contributed by atoms with E-state index < -0.39 is 0 Å². The molecule has 0 aliphatic carbocycles. The molecule has 0 aliphatic heterocycles. The summed E-state index contributed by atoms with van der Waals surface area (Å²) in [7, 11) is 0. The van der Waals surface area contributed by atoms with E-state index in [0.717, 1.165) is 27.5 Å². The van der Waals surface area contributed by atoms with Crippen LogP contribution < -0.4 is 5.73 Å². The van der Waals surface area contributed by atoms with Crippen LogP contribution in [0.2, 0.25) is 5.02 Å². The standard InChI is InChI=1S/C17H16ClN3/c1-11-3-6-13(7-4-11)17-16(19)10-21(20-17)14-8-5-12(2)15(18)9-14/h3-10H,19H2,1-2H3. The molecular formula is C17H16ClN3. The first kappa shape index (κ1) is 13.7. The van der Waals surface area contributed by atoms with Crippen molar-refractivity contribution < 1.29 is 0 Å². The lowest BCUT2D eigenvalue weighted by Gasteiger charge is -2.04.